The molecule has 0 amide bonds. The van der Waals surface area contributed by atoms with Crippen molar-refractivity contribution in [2.75, 3.05) is 25.1 Å². The molecule has 0 spiro atoms. The van der Waals surface area contributed by atoms with E-state index in [0.717, 1.165) is 0 Å². The maximum Gasteiger partial charge on any atom is 0.344 e. The molecule has 0 unspecified atom stereocenters. The Morgan fingerprint density at radius 3 is 2.37 bits per heavy atom. The Morgan fingerprint density at radius 2 is 1.67 bits per heavy atom. The van der Waals surface area contributed by atoms with Crippen LogP contribution in [0.1, 0.15) is 12.0 Å². The fourth-order valence-electron chi connectivity index (χ4n) is 2.32. The largest absolute Gasteiger partial charge is 0.463 e. The van der Waals surface area contributed by atoms with Gasteiger partial charge in [-0.15, -0.1) is 10.1 Å². The Bertz CT molecular complexity index is 888. The van der Waals surface area contributed by atoms with Gasteiger partial charge in [-0.2, -0.15) is 0 Å². The van der Waals surface area contributed by atoms with Crippen molar-refractivity contribution in [3.8, 4) is 0 Å². The second-order valence-corrected chi connectivity index (χ2v) is 6.66. The third kappa shape index (κ3) is 7.76. The van der Waals surface area contributed by atoms with Gasteiger partial charge in [0, 0.05) is 12.1 Å². The van der Waals surface area contributed by atoms with Crippen LogP contribution in [-0.4, -0.2) is 36.8 Å². The van der Waals surface area contributed by atoms with Crippen molar-refractivity contribution in [1.82, 2.24) is 0 Å². The fraction of sp³-hybridized carbons (Fsp3) is 0.263. The second kappa shape index (κ2) is 11.8. The third-order valence-electron chi connectivity index (χ3n) is 3.67. The van der Waals surface area contributed by atoms with Crippen LogP contribution in [0.5, 0.6) is 0 Å². The third-order valence-corrected chi connectivity index (χ3v) is 4.30. The van der Waals surface area contributed by atoms with E-state index in [4.69, 9.17) is 32.7 Å². The summed E-state index contributed by atoms with van der Waals surface area (Å²) in [4.78, 5) is 37.7. The van der Waals surface area contributed by atoms with Crippen molar-refractivity contribution in [3.63, 3.8) is 0 Å². The van der Waals surface area contributed by atoms with Crippen LogP contribution >= 0.6 is 23.2 Å². The van der Waals surface area contributed by atoms with E-state index in [0.29, 0.717) is 27.0 Å². The molecule has 160 valence electrons. The molecule has 0 saturated carbocycles. The number of hydrogen-bond donors (Lipinski definition) is 1. The molecule has 11 heteroatoms. The van der Waals surface area contributed by atoms with E-state index in [1.54, 1.807) is 42.5 Å². The highest BCUT2D eigenvalue weighted by atomic mass is 35.5. The molecule has 9 nitrogen and oxygen atoms in total. The summed E-state index contributed by atoms with van der Waals surface area (Å²) in [5.74, 6) is -1.40. The summed E-state index contributed by atoms with van der Waals surface area (Å²) < 4.78 is 9.72. The molecular formula is C19H18Cl2N2O7. The topological polar surface area (TPSA) is 117 Å². The maximum absolute atomic E-state index is 12.1. The van der Waals surface area contributed by atoms with Crippen LogP contribution in [0.15, 0.2) is 42.5 Å². The lowest BCUT2D eigenvalue weighted by Gasteiger charge is -2.14. The van der Waals surface area contributed by atoms with E-state index in [9.17, 15) is 19.7 Å². The Hall–Kier alpha value is -3.04. The zero-order valence-electron chi connectivity index (χ0n) is 15.6. The molecule has 0 aliphatic rings. The Morgan fingerprint density at radius 1 is 0.967 bits per heavy atom. The second-order valence-electron chi connectivity index (χ2n) is 5.85. The van der Waals surface area contributed by atoms with Crippen LogP contribution in [0.4, 0.5) is 11.4 Å². The predicted octanol–water partition coefficient (Wildman–Crippen LogP) is 3.96. The number of nitrogens with zero attached hydrogens (tertiary/aromatic N) is 1. The molecule has 0 radical (unpaired) electrons. The standard InChI is InChI=1S/C19H18Cl2N2O7/c20-14-6-3-7-15(21)19(14)22-16-8-2-1-5-13(16)11-17(24)29-12-18(25)28-9-4-10-30-23(26)27/h1-3,5-8,22H,4,9-12H2. The fourth-order valence-corrected chi connectivity index (χ4v) is 2.81. The molecule has 2 rings (SSSR count). The van der Waals surface area contributed by atoms with Crippen LogP contribution in [-0.2, 0) is 30.3 Å². The van der Waals surface area contributed by atoms with Gasteiger partial charge in [-0.05, 0) is 23.8 Å². The highest BCUT2D eigenvalue weighted by molar-refractivity contribution is 6.39. The molecule has 0 aliphatic carbocycles. The van der Waals surface area contributed by atoms with Crippen LogP contribution in [0.3, 0.4) is 0 Å². The van der Waals surface area contributed by atoms with Crippen molar-refractivity contribution in [1.29, 1.82) is 0 Å². The number of anilines is 2. The first kappa shape index (κ1) is 23.2. The number of carbonyl (C=O) groups is 2. The lowest BCUT2D eigenvalue weighted by atomic mass is 10.1. The molecule has 0 bridgehead atoms. The molecule has 2 aromatic rings. The maximum atomic E-state index is 12.1. The molecule has 0 aromatic heterocycles. The Kier molecular flexibility index (Phi) is 9.17. The molecule has 0 heterocycles. The zero-order valence-corrected chi connectivity index (χ0v) is 17.1. The molecule has 2 aromatic carbocycles. The summed E-state index contributed by atoms with van der Waals surface area (Å²) in [5, 5.41) is 13.0. The smallest absolute Gasteiger partial charge is 0.344 e. The van der Waals surface area contributed by atoms with Gasteiger partial charge in [0.25, 0.3) is 5.09 Å². The normalized spacial score (nSPS) is 10.2. The first-order valence-corrected chi connectivity index (χ1v) is 9.50. The summed E-state index contributed by atoms with van der Waals surface area (Å²) in [6.07, 6.45) is 0.0412. The van der Waals surface area contributed by atoms with E-state index < -0.39 is 23.6 Å². The number of para-hydroxylation sites is 2. The summed E-state index contributed by atoms with van der Waals surface area (Å²) in [6, 6.07) is 12.1. The number of nitrogens with one attached hydrogen (secondary N) is 1. The summed E-state index contributed by atoms with van der Waals surface area (Å²) in [7, 11) is 0. The average Bonchev–Trinajstić information content (AvgIpc) is 2.70. The summed E-state index contributed by atoms with van der Waals surface area (Å²) >= 11 is 12.3. The van der Waals surface area contributed by atoms with E-state index in [1.165, 1.54) is 0 Å². The number of esters is 2. The minimum absolute atomic E-state index is 0.0877. The first-order valence-electron chi connectivity index (χ1n) is 8.74. The quantitative estimate of drug-likeness (QED) is 0.233. The van der Waals surface area contributed by atoms with Gasteiger partial charge in [0.05, 0.1) is 35.4 Å². The highest BCUT2D eigenvalue weighted by Crippen LogP contribution is 2.33. The minimum atomic E-state index is -0.935. The molecule has 0 atom stereocenters. The zero-order chi connectivity index (χ0) is 21.9. The van der Waals surface area contributed by atoms with Gasteiger partial charge in [-0.1, -0.05) is 47.5 Å². The minimum Gasteiger partial charge on any atom is -0.463 e. The molecule has 1 N–H and O–H groups in total. The SMILES string of the molecule is O=C(COC(=O)Cc1ccccc1Nc1c(Cl)cccc1Cl)OCCCO[N+](=O)[O-]. The van der Waals surface area contributed by atoms with Gasteiger partial charge in [0.15, 0.2) is 6.61 Å². The molecule has 30 heavy (non-hydrogen) atoms. The lowest BCUT2D eigenvalue weighted by molar-refractivity contribution is -0.757. The van der Waals surface area contributed by atoms with E-state index in [-0.39, 0.29) is 26.1 Å². The average molecular weight is 457 g/mol. The Labute approximate surface area is 181 Å². The number of carbonyl (C=O) groups excluding carboxylic acids is 2. The van der Waals surface area contributed by atoms with Crippen molar-refractivity contribution < 1.29 is 29.0 Å². The molecular weight excluding hydrogens is 439 g/mol. The van der Waals surface area contributed by atoms with Crippen LogP contribution < -0.4 is 5.32 Å². The van der Waals surface area contributed by atoms with Crippen molar-refractivity contribution in [3.05, 3.63) is 68.2 Å². The monoisotopic (exact) mass is 456 g/mol. The molecule has 0 saturated heterocycles. The van der Waals surface area contributed by atoms with E-state index in [2.05, 4.69) is 10.2 Å². The molecule has 0 fully saturated rings. The molecule has 0 aliphatic heterocycles. The first-order chi connectivity index (χ1) is 14.4. The number of ether oxygens (including phenoxy) is 2. The van der Waals surface area contributed by atoms with Crippen LogP contribution in [0.2, 0.25) is 10.0 Å². The van der Waals surface area contributed by atoms with Gasteiger partial charge in [-0.25, -0.2) is 4.79 Å². The van der Waals surface area contributed by atoms with Crippen molar-refractivity contribution in [2.24, 2.45) is 0 Å². The van der Waals surface area contributed by atoms with Gasteiger partial charge >= 0.3 is 11.9 Å². The number of rotatable bonds is 11. The van der Waals surface area contributed by atoms with Crippen LogP contribution in [0, 0.1) is 10.1 Å². The van der Waals surface area contributed by atoms with Gasteiger partial charge in [-0.3, -0.25) is 4.79 Å². The van der Waals surface area contributed by atoms with Gasteiger partial charge < -0.3 is 19.6 Å². The number of hydrogen-bond acceptors (Lipinski definition) is 8. The van der Waals surface area contributed by atoms with Crippen molar-refractivity contribution in [2.45, 2.75) is 12.8 Å². The highest BCUT2D eigenvalue weighted by Gasteiger charge is 2.14. The summed E-state index contributed by atoms with van der Waals surface area (Å²) in [5.41, 5.74) is 1.73. The van der Waals surface area contributed by atoms with Gasteiger partial charge in [0.2, 0.25) is 0 Å². The van der Waals surface area contributed by atoms with Crippen molar-refractivity contribution >= 4 is 46.5 Å². The van der Waals surface area contributed by atoms with E-state index >= 15 is 0 Å². The number of halogens is 2. The predicted molar refractivity (Wildman–Crippen MR) is 109 cm³/mol. The lowest BCUT2D eigenvalue weighted by Crippen LogP contribution is -2.19. The Balaban J connectivity index is 1.84. The van der Waals surface area contributed by atoms with E-state index in [1.807, 2.05) is 0 Å². The van der Waals surface area contributed by atoms with Gasteiger partial charge in [0.1, 0.15) is 0 Å². The summed E-state index contributed by atoms with van der Waals surface area (Å²) in [6.45, 7) is -0.851. The number of benzene rings is 2. The van der Waals surface area contributed by atoms with Crippen LogP contribution in [0.25, 0.3) is 0 Å².